The van der Waals surface area contributed by atoms with Gasteiger partial charge in [-0.05, 0) is 31.2 Å². The monoisotopic (exact) mass is 254 g/mol. The Morgan fingerprint density at radius 2 is 2.21 bits per heavy atom. The highest BCUT2D eigenvalue weighted by molar-refractivity contribution is 9.10. The Kier molecular flexibility index (Phi) is 2.58. The molecule has 1 aromatic heterocycles. The van der Waals surface area contributed by atoms with E-state index in [4.69, 9.17) is 10.3 Å². The molecule has 74 valence electrons. The van der Waals surface area contributed by atoms with E-state index in [1.165, 1.54) is 0 Å². The van der Waals surface area contributed by atoms with Gasteiger partial charge in [-0.25, -0.2) is 0 Å². The predicted molar refractivity (Wildman–Crippen MR) is 59.7 cm³/mol. The Bertz CT molecular complexity index is 452. The fraction of sp³-hybridized carbons (Fsp3) is 0.200. The molecule has 14 heavy (non-hydrogen) atoms. The van der Waals surface area contributed by atoms with Gasteiger partial charge in [0.05, 0.1) is 6.04 Å². The third-order valence-corrected chi connectivity index (χ3v) is 2.67. The number of furan rings is 1. The lowest BCUT2D eigenvalue weighted by molar-refractivity contribution is 0.459. The van der Waals surface area contributed by atoms with E-state index < -0.39 is 0 Å². The van der Waals surface area contributed by atoms with Gasteiger partial charge < -0.3 is 4.42 Å². The van der Waals surface area contributed by atoms with Crippen molar-refractivity contribution in [3.63, 3.8) is 0 Å². The number of hydrogen-bond acceptors (Lipinski definition) is 3. The summed E-state index contributed by atoms with van der Waals surface area (Å²) in [6.07, 6.45) is 0. The molecule has 0 aliphatic heterocycles. The van der Waals surface area contributed by atoms with Crippen LogP contribution in [0.3, 0.4) is 0 Å². The molecule has 1 unspecified atom stereocenters. The topological polar surface area (TPSA) is 51.2 Å². The maximum Gasteiger partial charge on any atom is 0.134 e. The van der Waals surface area contributed by atoms with Gasteiger partial charge in [-0.1, -0.05) is 15.9 Å². The first-order chi connectivity index (χ1) is 6.70. The number of rotatable bonds is 2. The lowest BCUT2D eigenvalue weighted by Gasteiger charge is -2.03. The van der Waals surface area contributed by atoms with Crippen LogP contribution < -0.4 is 11.3 Å². The first-order valence-electron chi connectivity index (χ1n) is 4.36. The van der Waals surface area contributed by atoms with E-state index >= 15 is 0 Å². The zero-order chi connectivity index (χ0) is 10.1. The van der Waals surface area contributed by atoms with Crippen LogP contribution in [0.1, 0.15) is 18.7 Å². The van der Waals surface area contributed by atoms with Gasteiger partial charge in [-0.3, -0.25) is 11.3 Å². The average molecular weight is 255 g/mol. The highest BCUT2D eigenvalue weighted by Crippen LogP contribution is 2.25. The Morgan fingerprint density at radius 1 is 1.43 bits per heavy atom. The molecule has 4 heteroatoms. The highest BCUT2D eigenvalue weighted by atomic mass is 79.9. The normalized spacial score (nSPS) is 13.4. The zero-order valence-electron chi connectivity index (χ0n) is 7.75. The van der Waals surface area contributed by atoms with Crippen LogP contribution >= 0.6 is 15.9 Å². The number of nitrogens with one attached hydrogen (secondary N) is 1. The number of nitrogens with two attached hydrogens (primary N) is 1. The Hall–Kier alpha value is -0.840. The van der Waals surface area contributed by atoms with E-state index in [9.17, 15) is 0 Å². The molecule has 0 aliphatic carbocycles. The van der Waals surface area contributed by atoms with Crippen molar-refractivity contribution in [2.75, 3.05) is 0 Å². The second-order valence-corrected chi connectivity index (χ2v) is 4.13. The summed E-state index contributed by atoms with van der Waals surface area (Å²) in [6.45, 7) is 1.95. The minimum Gasteiger partial charge on any atom is -0.459 e. The van der Waals surface area contributed by atoms with Crippen LogP contribution in [0.25, 0.3) is 11.0 Å². The maximum absolute atomic E-state index is 5.61. The second-order valence-electron chi connectivity index (χ2n) is 3.22. The summed E-state index contributed by atoms with van der Waals surface area (Å²) in [5.41, 5.74) is 3.53. The smallest absolute Gasteiger partial charge is 0.134 e. The summed E-state index contributed by atoms with van der Waals surface area (Å²) in [6, 6.07) is 7.93. The van der Waals surface area contributed by atoms with Gasteiger partial charge in [0, 0.05) is 9.86 Å². The molecule has 1 heterocycles. The molecular weight excluding hydrogens is 244 g/mol. The minimum atomic E-state index is 0.0289. The third kappa shape index (κ3) is 1.68. The van der Waals surface area contributed by atoms with Gasteiger partial charge in [-0.15, -0.1) is 0 Å². The lowest BCUT2D eigenvalue weighted by Crippen LogP contribution is -2.25. The lowest BCUT2D eigenvalue weighted by atomic mass is 10.2. The average Bonchev–Trinajstić information content (AvgIpc) is 2.59. The molecule has 2 rings (SSSR count). The number of benzene rings is 1. The highest BCUT2D eigenvalue weighted by Gasteiger charge is 2.09. The van der Waals surface area contributed by atoms with Crippen LogP contribution in [0.4, 0.5) is 0 Å². The van der Waals surface area contributed by atoms with Gasteiger partial charge in [0.25, 0.3) is 0 Å². The fourth-order valence-electron chi connectivity index (χ4n) is 1.33. The quantitative estimate of drug-likeness (QED) is 0.640. The van der Waals surface area contributed by atoms with E-state index in [1.54, 1.807) is 0 Å². The van der Waals surface area contributed by atoms with Crippen molar-refractivity contribution in [3.05, 3.63) is 34.5 Å². The molecule has 0 saturated carbocycles. The van der Waals surface area contributed by atoms with Crippen LogP contribution in [0.15, 0.2) is 33.2 Å². The van der Waals surface area contributed by atoms with Crippen LogP contribution in [0.5, 0.6) is 0 Å². The van der Waals surface area contributed by atoms with Gasteiger partial charge in [0.1, 0.15) is 11.3 Å². The van der Waals surface area contributed by atoms with Crippen LogP contribution in [0, 0.1) is 0 Å². The molecule has 1 aromatic carbocycles. The van der Waals surface area contributed by atoms with Crippen molar-refractivity contribution in [3.8, 4) is 0 Å². The van der Waals surface area contributed by atoms with E-state index in [0.29, 0.717) is 0 Å². The van der Waals surface area contributed by atoms with E-state index in [0.717, 1.165) is 21.2 Å². The third-order valence-electron chi connectivity index (χ3n) is 2.17. The first-order valence-corrected chi connectivity index (χ1v) is 5.15. The van der Waals surface area contributed by atoms with Gasteiger partial charge in [0.15, 0.2) is 0 Å². The van der Waals surface area contributed by atoms with Crippen LogP contribution in [-0.2, 0) is 0 Å². The van der Waals surface area contributed by atoms with Gasteiger partial charge in [0.2, 0.25) is 0 Å². The molecule has 0 aliphatic rings. The SMILES string of the molecule is CC(NN)c1cc2cc(Br)ccc2o1. The van der Waals surface area contributed by atoms with E-state index in [-0.39, 0.29) is 6.04 Å². The summed E-state index contributed by atoms with van der Waals surface area (Å²) in [7, 11) is 0. The molecular formula is C10H11BrN2O. The summed E-state index contributed by atoms with van der Waals surface area (Å²) in [5, 5.41) is 1.08. The van der Waals surface area contributed by atoms with Gasteiger partial charge in [-0.2, -0.15) is 0 Å². The molecule has 0 amide bonds. The number of hydrogen-bond donors (Lipinski definition) is 2. The number of halogens is 1. The van der Waals surface area contributed by atoms with Crippen LogP contribution in [-0.4, -0.2) is 0 Å². The predicted octanol–water partition coefficient (Wildman–Crippen LogP) is 2.72. The standard InChI is InChI=1S/C10H11BrN2O/c1-6(13-12)10-5-7-4-8(11)2-3-9(7)14-10/h2-6,13H,12H2,1H3. The van der Waals surface area contributed by atoms with E-state index in [2.05, 4.69) is 21.4 Å². The second kappa shape index (κ2) is 3.73. The molecule has 3 nitrogen and oxygen atoms in total. The Labute approximate surface area is 90.4 Å². The summed E-state index contributed by atoms with van der Waals surface area (Å²) in [5.74, 6) is 6.18. The molecule has 0 fully saturated rings. The summed E-state index contributed by atoms with van der Waals surface area (Å²) < 4.78 is 6.66. The molecule has 0 saturated heterocycles. The molecule has 1 atom stereocenters. The van der Waals surface area contributed by atoms with Crippen molar-refractivity contribution in [2.45, 2.75) is 13.0 Å². The van der Waals surface area contributed by atoms with Crippen molar-refractivity contribution >= 4 is 26.9 Å². The zero-order valence-corrected chi connectivity index (χ0v) is 9.34. The molecule has 2 aromatic rings. The van der Waals surface area contributed by atoms with E-state index in [1.807, 2.05) is 31.2 Å². The first kappa shape index (κ1) is 9.71. The maximum atomic E-state index is 5.61. The Balaban J connectivity index is 2.51. The van der Waals surface area contributed by atoms with Crippen molar-refractivity contribution in [2.24, 2.45) is 5.84 Å². The largest absolute Gasteiger partial charge is 0.459 e. The molecule has 0 spiro atoms. The molecule has 0 bridgehead atoms. The van der Waals surface area contributed by atoms with Gasteiger partial charge >= 0.3 is 0 Å². The fourth-order valence-corrected chi connectivity index (χ4v) is 1.71. The van der Waals surface area contributed by atoms with Crippen molar-refractivity contribution in [1.82, 2.24) is 5.43 Å². The molecule has 0 radical (unpaired) electrons. The van der Waals surface area contributed by atoms with Crippen molar-refractivity contribution < 1.29 is 4.42 Å². The van der Waals surface area contributed by atoms with Crippen LogP contribution in [0.2, 0.25) is 0 Å². The summed E-state index contributed by atoms with van der Waals surface area (Å²) >= 11 is 3.41. The molecule has 3 N–H and O–H groups in total. The van der Waals surface area contributed by atoms with Crippen molar-refractivity contribution in [1.29, 1.82) is 0 Å². The Morgan fingerprint density at radius 3 is 2.93 bits per heavy atom. The minimum absolute atomic E-state index is 0.0289. The number of fused-ring (bicyclic) bond motifs is 1. The number of hydrazine groups is 1. The summed E-state index contributed by atoms with van der Waals surface area (Å²) in [4.78, 5) is 0.